The van der Waals surface area contributed by atoms with Gasteiger partial charge in [0.25, 0.3) is 0 Å². The summed E-state index contributed by atoms with van der Waals surface area (Å²) in [5.41, 5.74) is 3.86. The molecule has 0 spiro atoms. The largest absolute Gasteiger partial charge is 0.497 e. The number of aromatic nitrogens is 12. The van der Waals surface area contributed by atoms with Crippen molar-refractivity contribution in [3.05, 3.63) is 175 Å². The number of piperidine rings is 6. The van der Waals surface area contributed by atoms with E-state index in [2.05, 4.69) is 113 Å². The number of hydrogen-bond donors (Lipinski definition) is 6. The van der Waals surface area contributed by atoms with E-state index < -0.39 is 60.1 Å². The zero-order valence-electron chi connectivity index (χ0n) is 78.2. The molecule has 37 nitrogen and oxygen atoms in total. The molecule has 0 bridgehead atoms. The van der Waals surface area contributed by atoms with E-state index in [1.165, 1.54) is 80.5 Å². The maximum absolute atomic E-state index is 14.2. The molecule has 0 amide bonds. The summed E-state index contributed by atoms with van der Waals surface area (Å²) in [6, 6.07) is 30.0. The normalized spacial score (nSPS) is 19.1. The molecule has 12 aromatic rings. The Labute approximate surface area is 813 Å². The van der Waals surface area contributed by atoms with Crippen LogP contribution in [-0.4, -0.2) is 273 Å². The summed E-state index contributed by atoms with van der Waals surface area (Å²) >= 11 is 6.34. The number of ether oxygens (including phenoxy) is 1. The first kappa shape index (κ1) is 106. The van der Waals surface area contributed by atoms with Crippen LogP contribution in [0.3, 0.4) is 0 Å². The van der Waals surface area contributed by atoms with Gasteiger partial charge in [0, 0.05) is 145 Å². The number of benzene rings is 6. The first-order valence-corrected chi connectivity index (χ1v) is 57.3. The molecule has 18 rings (SSSR count). The molecule has 6 saturated heterocycles. The molecule has 12 heterocycles. The van der Waals surface area contributed by atoms with Crippen LogP contribution in [0.25, 0.3) is 65.4 Å². The van der Waals surface area contributed by atoms with Gasteiger partial charge >= 0.3 is 0 Å². The Morgan fingerprint density at radius 1 is 0.309 bits per heavy atom. The van der Waals surface area contributed by atoms with Gasteiger partial charge in [-0.3, -0.25) is 0 Å². The quantitative estimate of drug-likeness (QED) is 0.0290. The highest BCUT2D eigenvalue weighted by atomic mass is 35.5. The molecule has 6 aliphatic rings. The summed E-state index contributed by atoms with van der Waals surface area (Å²) in [5.74, 6) is 5.24. The van der Waals surface area contributed by atoms with E-state index in [1.807, 2.05) is 47.4 Å². The van der Waals surface area contributed by atoms with Crippen molar-refractivity contribution < 1.29 is 72.8 Å². The molecule has 6 N–H and O–H groups in total. The predicted octanol–water partition coefficient (Wildman–Crippen LogP) is 9.59. The predicted molar refractivity (Wildman–Crippen MR) is 535 cm³/mol. The van der Waals surface area contributed by atoms with Gasteiger partial charge in [0.2, 0.25) is 60.1 Å². The maximum atomic E-state index is 14.2. The summed E-state index contributed by atoms with van der Waals surface area (Å²) in [7, 11) is -17.4. The van der Waals surface area contributed by atoms with Crippen LogP contribution >= 0.6 is 11.6 Å². The molecule has 0 saturated carbocycles. The SMILES string of the molecule is COc1ccc2ncnc(N3CCCC(CNS(C)(=O)=O)C3)c2c1.CS(=O)(=O)NCC1CCCN(c2ncnc3c(F)cccc23)C1.CS(=O)(=O)NCC1CCCN(c2ncnc3cc(F)ccc23)C1.CS(=O)(=O)NCC1CCCN(c2ncnc3ccc(F)cc23)C1.CS(=O)(=O)NCC1CCCN(c2ncnc3cccc(Cl)c23)C1.CS(=O)(=O)NCC1CCCN(c2ncnc3cccc(F)c23)C1. The molecule has 6 atom stereocenters. The molecule has 0 radical (unpaired) electrons. The average molecular weight is 2060 g/mol. The summed E-state index contributed by atoms with van der Waals surface area (Å²) in [6.07, 6.45) is 27.4. The van der Waals surface area contributed by atoms with Gasteiger partial charge in [-0.15, -0.1) is 0 Å². The zero-order valence-corrected chi connectivity index (χ0v) is 83.9. The number of rotatable bonds is 25. The number of sulfonamides is 6. The van der Waals surface area contributed by atoms with E-state index in [-0.39, 0.29) is 58.8 Å². The summed E-state index contributed by atoms with van der Waals surface area (Å²) < 4.78 is 211. The minimum absolute atomic E-state index is 0.176. The average Bonchev–Trinajstić information content (AvgIpc) is 0.764. The van der Waals surface area contributed by atoms with E-state index in [0.717, 1.165) is 199 Å². The molecule has 750 valence electrons. The minimum atomic E-state index is -3.20. The van der Waals surface area contributed by atoms with E-state index in [9.17, 15) is 68.1 Å². The Kier molecular flexibility index (Phi) is 36.4. The smallest absolute Gasteiger partial charge is 0.208 e. The van der Waals surface area contributed by atoms with Crippen molar-refractivity contribution in [3.8, 4) is 5.75 Å². The fourth-order valence-corrected chi connectivity index (χ4v) is 21.5. The van der Waals surface area contributed by atoms with Gasteiger partial charge in [0.05, 0.1) is 88.0 Å². The molecule has 6 unspecified atom stereocenters. The summed E-state index contributed by atoms with van der Waals surface area (Å²) in [6.45, 7) is 11.8. The lowest BCUT2D eigenvalue weighted by Gasteiger charge is -2.34. The fourth-order valence-electron chi connectivity index (χ4n) is 18.0. The molecular formula is C91H117ClF4N24O13S6. The zero-order chi connectivity index (χ0) is 99.4. The Bertz CT molecular complexity index is 6800. The fraction of sp³-hybridized carbons (Fsp3) is 0.473. The third-order valence-electron chi connectivity index (χ3n) is 24.5. The minimum Gasteiger partial charge on any atom is -0.497 e. The lowest BCUT2D eigenvalue weighted by molar-refractivity contribution is 0.409. The number of anilines is 6. The monoisotopic (exact) mass is 2060 g/mol. The van der Waals surface area contributed by atoms with Crippen LogP contribution in [0.5, 0.6) is 5.75 Å². The Hall–Kier alpha value is -10.6. The van der Waals surface area contributed by atoms with Crippen molar-refractivity contribution >= 4 is 172 Å². The number of para-hydroxylation sites is 1. The third kappa shape index (κ3) is 31.5. The van der Waals surface area contributed by atoms with Crippen molar-refractivity contribution in [2.75, 3.05) is 192 Å². The molecule has 6 aromatic carbocycles. The number of hydrogen-bond acceptors (Lipinski definition) is 31. The Balaban J connectivity index is 0.000000141. The van der Waals surface area contributed by atoms with Crippen molar-refractivity contribution in [1.29, 1.82) is 0 Å². The van der Waals surface area contributed by atoms with E-state index >= 15 is 0 Å². The van der Waals surface area contributed by atoms with Gasteiger partial charge in [-0.1, -0.05) is 29.8 Å². The number of fused-ring (bicyclic) bond motifs is 6. The lowest BCUT2D eigenvalue weighted by Crippen LogP contribution is -2.41. The highest BCUT2D eigenvalue weighted by Gasteiger charge is 2.32. The molecule has 6 fully saturated rings. The van der Waals surface area contributed by atoms with Gasteiger partial charge < -0.3 is 34.1 Å². The van der Waals surface area contributed by atoms with Crippen molar-refractivity contribution in [3.63, 3.8) is 0 Å². The number of methoxy groups -OCH3 is 1. The van der Waals surface area contributed by atoms with Crippen LogP contribution in [0.15, 0.2) is 147 Å². The van der Waals surface area contributed by atoms with Crippen molar-refractivity contribution in [2.24, 2.45) is 35.5 Å². The second-order valence-corrected chi connectivity index (χ2v) is 47.1. The van der Waals surface area contributed by atoms with Crippen LogP contribution in [-0.2, 0) is 60.1 Å². The topological polar surface area (TPSA) is 460 Å². The van der Waals surface area contributed by atoms with Gasteiger partial charge in [0.15, 0.2) is 0 Å². The van der Waals surface area contributed by atoms with Crippen molar-refractivity contribution in [1.82, 2.24) is 88.1 Å². The highest BCUT2D eigenvalue weighted by molar-refractivity contribution is 7.90. The molecular weight excluding hydrogens is 1940 g/mol. The molecule has 6 aliphatic heterocycles. The van der Waals surface area contributed by atoms with E-state index in [4.69, 9.17) is 16.3 Å². The van der Waals surface area contributed by atoms with Crippen LogP contribution < -0.4 is 62.5 Å². The Morgan fingerprint density at radius 3 is 1.01 bits per heavy atom. The molecule has 48 heteroatoms. The Morgan fingerprint density at radius 2 is 0.612 bits per heavy atom. The van der Waals surface area contributed by atoms with Crippen LogP contribution in [0.2, 0.25) is 5.02 Å². The molecule has 0 aliphatic carbocycles. The first-order chi connectivity index (χ1) is 66.1. The van der Waals surface area contributed by atoms with E-state index in [0.29, 0.717) is 126 Å². The van der Waals surface area contributed by atoms with Gasteiger partial charge in [-0.05, 0) is 197 Å². The third-order valence-corrected chi connectivity index (χ3v) is 28.9. The first-order valence-electron chi connectivity index (χ1n) is 45.6. The molecule has 6 aromatic heterocycles. The van der Waals surface area contributed by atoms with Gasteiger partial charge in [-0.25, -0.2) is 156 Å². The van der Waals surface area contributed by atoms with Crippen molar-refractivity contribution in [2.45, 2.75) is 77.0 Å². The summed E-state index contributed by atoms with van der Waals surface area (Å²) in [5, 5.41) is 5.04. The van der Waals surface area contributed by atoms with Crippen LogP contribution in [0.1, 0.15) is 77.0 Å². The number of halogens is 5. The molecule has 139 heavy (non-hydrogen) atoms. The van der Waals surface area contributed by atoms with Gasteiger partial charge in [-0.2, -0.15) is 0 Å². The van der Waals surface area contributed by atoms with Crippen LogP contribution in [0, 0.1) is 58.8 Å². The number of nitrogens with one attached hydrogen (secondary N) is 6. The number of nitrogens with zero attached hydrogens (tertiary/aromatic N) is 18. The second-order valence-electron chi connectivity index (χ2n) is 35.7. The van der Waals surface area contributed by atoms with Gasteiger partial charge in [0.1, 0.15) is 107 Å². The lowest BCUT2D eigenvalue weighted by atomic mass is 9.98. The summed E-state index contributed by atoms with van der Waals surface area (Å²) in [4.78, 5) is 63.9. The second kappa shape index (κ2) is 47.8. The van der Waals surface area contributed by atoms with E-state index in [1.54, 1.807) is 50.1 Å². The maximum Gasteiger partial charge on any atom is 0.208 e. The standard InChI is InChI=1S/C16H22N4O3S.C15H19ClN4O2S.4C15H19FN4O2S/c1-23-13-5-6-15-14(8-13)16(18-11-17-15)20-7-3-4-12(10-20)9-19-24(2,21)22;2*1-23(21,22)19-8-11-4-3-7-20(9-11)15-14-12(16)5-2-6-13(14)17-10-18-15;1-23(21,22)19-8-11-4-3-7-20(9-11)15-12-5-2-6-13(16)14(12)17-10-18-15;1-23(21,22)19-8-11-3-2-6-20(9-11)15-13-7-12(16)4-5-14(13)17-10-18-15;1-23(21,22)19-8-11-3-2-6-20(9-11)15-13-5-4-12(16)7-14(13)17-10-18-15/h5-6,8,11-12,19H,3-4,7,9-10H2,1-2H3;3*2,5-6,10-11,19H,3-4,7-9H2,1H3;2*4-5,7,10-11,19H,2-3,6,8-9H2,1H3. The van der Waals surface area contributed by atoms with Crippen LogP contribution in [0.4, 0.5) is 52.5 Å². The highest BCUT2D eigenvalue weighted by Crippen LogP contribution is 2.37.